The third kappa shape index (κ3) is 3.74. The van der Waals surface area contributed by atoms with E-state index in [1.54, 1.807) is 24.3 Å². The molecule has 0 radical (unpaired) electrons. The lowest BCUT2D eigenvalue weighted by atomic mass is 10.1. The maximum atomic E-state index is 11.8. The van der Waals surface area contributed by atoms with Gasteiger partial charge in [0.15, 0.2) is 0 Å². The number of hydrogen-bond acceptors (Lipinski definition) is 2. The van der Waals surface area contributed by atoms with Crippen LogP contribution in [-0.2, 0) is 0 Å². The fraction of sp³-hybridized carbons (Fsp3) is 0.133. The molecule has 1 unspecified atom stereocenters. The summed E-state index contributed by atoms with van der Waals surface area (Å²) < 4.78 is 0. The number of urea groups is 1. The Morgan fingerprint density at radius 1 is 1.05 bits per heavy atom. The monoisotopic (exact) mass is 255 g/mol. The van der Waals surface area contributed by atoms with Crippen LogP contribution in [0.1, 0.15) is 18.5 Å². The van der Waals surface area contributed by atoms with Crippen molar-refractivity contribution >= 4 is 17.4 Å². The molecule has 0 aliphatic rings. The second kappa shape index (κ2) is 5.91. The Bertz CT molecular complexity index is 537. The van der Waals surface area contributed by atoms with E-state index in [4.69, 9.17) is 5.73 Å². The summed E-state index contributed by atoms with van der Waals surface area (Å²) in [5, 5.41) is 5.64. The van der Waals surface area contributed by atoms with Crippen LogP contribution in [0, 0.1) is 0 Å². The molecule has 0 bridgehead atoms. The Hall–Kier alpha value is -2.49. The Morgan fingerprint density at radius 3 is 2.32 bits per heavy atom. The van der Waals surface area contributed by atoms with Gasteiger partial charge < -0.3 is 16.4 Å². The van der Waals surface area contributed by atoms with Crippen molar-refractivity contribution in [1.29, 1.82) is 0 Å². The third-order valence-electron chi connectivity index (χ3n) is 2.82. The summed E-state index contributed by atoms with van der Waals surface area (Å²) in [4.78, 5) is 11.8. The van der Waals surface area contributed by atoms with Gasteiger partial charge in [0.2, 0.25) is 0 Å². The van der Waals surface area contributed by atoms with E-state index in [0.29, 0.717) is 11.4 Å². The lowest BCUT2D eigenvalue weighted by Gasteiger charge is -2.15. The number of nitrogen functional groups attached to an aromatic ring is 1. The van der Waals surface area contributed by atoms with E-state index >= 15 is 0 Å². The molecule has 19 heavy (non-hydrogen) atoms. The molecule has 0 saturated carbocycles. The second-order valence-electron chi connectivity index (χ2n) is 4.35. The Morgan fingerprint density at radius 2 is 1.68 bits per heavy atom. The molecule has 4 heteroatoms. The molecule has 1 atom stereocenters. The van der Waals surface area contributed by atoms with Gasteiger partial charge >= 0.3 is 6.03 Å². The Balaban J connectivity index is 1.93. The molecule has 0 aromatic heterocycles. The maximum absolute atomic E-state index is 11.8. The molecular weight excluding hydrogens is 238 g/mol. The van der Waals surface area contributed by atoms with Gasteiger partial charge in [-0.05, 0) is 36.8 Å². The van der Waals surface area contributed by atoms with E-state index < -0.39 is 0 Å². The second-order valence-corrected chi connectivity index (χ2v) is 4.35. The van der Waals surface area contributed by atoms with Crippen LogP contribution in [0.5, 0.6) is 0 Å². The van der Waals surface area contributed by atoms with Crippen molar-refractivity contribution in [3.05, 3.63) is 60.2 Å². The van der Waals surface area contributed by atoms with E-state index in [1.807, 2.05) is 37.3 Å². The number of nitrogens with two attached hydrogens (primary N) is 1. The molecule has 4 nitrogen and oxygen atoms in total. The van der Waals surface area contributed by atoms with Crippen LogP contribution < -0.4 is 16.4 Å². The zero-order valence-electron chi connectivity index (χ0n) is 10.8. The van der Waals surface area contributed by atoms with Crippen LogP contribution in [0.2, 0.25) is 0 Å². The van der Waals surface area contributed by atoms with Crippen molar-refractivity contribution < 1.29 is 4.79 Å². The molecule has 0 heterocycles. The number of carbonyl (C=O) groups excluding carboxylic acids is 1. The van der Waals surface area contributed by atoms with E-state index in [1.165, 1.54) is 0 Å². The lowest BCUT2D eigenvalue weighted by Crippen LogP contribution is -2.31. The summed E-state index contributed by atoms with van der Waals surface area (Å²) in [7, 11) is 0. The van der Waals surface area contributed by atoms with Gasteiger partial charge in [0, 0.05) is 11.4 Å². The largest absolute Gasteiger partial charge is 0.399 e. The van der Waals surface area contributed by atoms with Gasteiger partial charge in [-0.1, -0.05) is 30.3 Å². The van der Waals surface area contributed by atoms with E-state index in [9.17, 15) is 4.79 Å². The number of rotatable bonds is 3. The van der Waals surface area contributed by atoms with Crippen molar-refractivity contribution in [2.24, 2.45) is 0 Å². The van der Waals surface area contributed by atoms with Gasteiger partial charge in [0.1, 0.15) is 0 Å². The fourth-order valence-corrected chi connectivity index (χ4v) is 1.76. The summed E-state index contributed by atoms with van der Waals surface area (Å²) >= 11 is 0. The molecule has 0 fully saturated rings. The highest BCUT2D eigenvalue weighted by atomic mass is 16.2. The zero-order valence-corrected chi connectivity index (χ0v) is 10.8. The maximum Gasteiger partial charge on any atom is 0.319 e. The predicted molar refractivity (Wildman–Crippen MR) is 77.9 cm³/mol. The van der Waals surface area contributed by atoms with Crippen LogP contribution in [0.3, 0.4) is 0 Å². The molecule has 4 N–H and O–H groups in total. The van der Waals surface area contributed by atoms with Crippen molar-refractivity contribution in [2.75, 3.05) is 11.1 Å². The molecule has 98 valence electrons. The Kier molecular flexibility index (Phi) is 4.03. The molecule has 2 amide bonds. The highest BCUT2D eigenvalue weighted by Gasteiger charge is 2.08. The summed E-state index contributed by atoms with van der Waals surface area (Å²) in [6.07, 6.45) is 0. The number of amides is 2. The first-order valence-corrected chi connectivity index (χ1v) is 6.13. The first-order valence-electron chi connectivity index (χ1n) is 6.13. The highest BCUT2D eigenvalue weighted by Crippen LogP contribution is 2.13. The van der Waals surface area contributed by atoms with E-state index in [0.717, 1.165) is 5.56 Å². The van der Waals surface area contributed by atoms with Gasteiger partial charge in [-0.15, -0.1) is 0 Å². The smallest absolute Gasteiger partial charge is 0.319 e. The van der Waals surface area contributed by atoms with Crippen molar-refractivity contribution in [1.82, 2.24) is 5.32 Å². The van der Waals surface area contributed by atoms with Gasteiger partial charge in [0.25, 0.3) is 0 Å². The van der Waals surface area contributed by atoms with Crippen LogP contribution in [0.15, 0.2) is 54.6 Å². The van der Waals surface area contributed by atoms with Crippen molar-refractivity contribution in [2.45, 2.75) is 13.0 Å². The minimum Gasteiger partial charge on any atom is -0.399 e. The summed E-state index contributed by atoms with van der Waals surface area (Å²) in [6, 6.07) is 16.6. The van der Waals surface area contributed by atoms with Crippen LogP contribution >= 0.6 is 0 Å². The third-order valence-corrected chi connectivity index (χ3v) is 2.82. The topological polar surface area (TPSA) is 67.2 Å². The average molecular weight is 255 g/mol. The first kappa shape index (κ1) is 13.0. The fourth-order valence-electron chi connectivity index (χ4n) is 1.76. The van der Waals surface area contributed by atoms with Crippen LogP contribution in [0.4, 0.5) is 16.2 Å². The van der Waals surface area contributed by atoms with Crippen molar-refractivity contribution in [3.8, 4) is 0 Å². The average Bonchev–Trinajstić information content (AvgIpc) is 2.42. The van der Waals surface area contributed by atoms with Gasteiger partial charge in [-0.25, -0.2) is 4.79 Å². The minimum atomic E-state index is -0.235. The number of nitrogens with one attached hydrogen (secondary N) is 2. The molecule has 0 spiro atoms. The quantitative estimate of drug-likeness (QED) is 0.737. The molecule has 0 aliphatic heterocycles. The lowest BCUT2D eigenvalue weighted by molar-refractivity contribution is 0.249. The predicted octanol–water partition coefficient (Wildman–Crippen LogP) is 3.15. The zero-order chi connectivity index (χ0) is 13.7. The summed E-state index contributed by atoms with van der Waals surface area (Å²) in [5.41, 5.74) is 8.04. The molecular formula is C15H17N3O. The van der Waals surface area contributed by atoms with Crippen LogP contribution in [-0.4, -0.2) is 6.03 Å². The number of anilines is 2. The van der Waals surface area contributed by atoms with Gasteiger partial charge in [-0.2, -0.15) is 0 Å². The van der Waals surface area contributed by atoms with E-state index in [-0.39, 0.29) is 12.1 Å². The number of benzene rings is 2. The molecule has 2 aromatic carbocycles. The molecule has 0 aliphatic carbocycles. The number of carbonyl (C=O) groups is 1. The first-order chi connectivity index (χ1) is 9.15. The standard InChI is InChI=1S/C15H17N3O/c1-11(12-5-3-2-4-6-12)17-15(19)18-14-9-7-13(16)8-10-14/h2-11H,16H2,1H3,(H2,17,18,19). The van der Waals surface area contributed by atoms with Gasteiger partial charge in [0.05, 0.1) is 6.04 Å². The number of hydrogen-bond donors (Lipinski definition) is 3. The molecule has 2 aromatic rings. The minimum absolute atomic E-state index is 0.0463. The molecule has 2 rings (SSSR count). The SMILES string of the molecule is CC(NC(=O)Nc1ccc(N)cc1)c1ccccc1. The highest BCUT2D eigenvalue weighted by molar-refractivity contribution is 5.89. The molecule has 0 saturated heterocycles. The Labute approximate surface area is 112 Å². The van der Waals surface area contributed by atoms with Crippen molar-refractivity contribution in [3.63, 3.8) is 0 Å². The van der Waals surface area contributed by atoms with E-state index in [2.05, 4.69) is 10.6 Å². The normalized spacial score (nSPS) is 11.6. The van der Waals surface area contributed by atoms with Gasteiger partial charge in [-0.3, -0.25) is 0 Å². The summed E-state index contributed by atoms with van der Waals surface area (Å²) in [5.74, 6) is 0. The summed E-state index contributed by atoms with van der Waals surface area (Å²) in [6.45, 7) is 1.94. The van der Waals surface area contributed by atoms with Crippen LogP contribution in [0.25, 0.3) is 0 Å².